The van der Waals surface area contributed by atoms with E-state index in [4.69, 9.17) is 0 Å². The lowest BCUT2D eigenvalue weighted by Gasteiger charge is -2.44. The maximum atomic E-state index is 15.7. The SMILES string of the molecule is C[C@@H]1CN(c2cc(F)c(C3=CCN(c4ncc(F)cn4)C3)cc2NC(=O)c2c[nH]c(=O)cc2C(F)(F)F)C[C@H](C)N1C. The van der Waals surface area contributed by atoms with Crippen LogP contribution in [-0.2, 0) is 6.18 Å². The molecule has 2 N–H and O–H groups in total. The van der Waals surface area contributed by atoms with Gasteiger partial charge >= 0.3 is 6.18 Å². The van der Waals surface area contributed by atoms with Gasteiger partial charge in [0.25, 0.3) is 5.91 Å². The Morgan fingerprint density at radius 3 is 2.36 bits per heavy atom. The quantitative estimate of drug-likeness (QED) is 0.432. The van der Waals surface area contributed by atoms with Crippen LogP contribution >= 0.6 is 0 Å². The standard InChI is InChI=1S/C28H28F5N7O2/c1-15-12-40(13-16(2)38(15)3)24-8-22(30)19(17-4-5-39(14-17)27-35-9-18(29)10-36-27)6-23(24)37-26(42)20-11-34-25(41)7-21(20)28(31,32)33/h4,6-11,15-16H,5,12-14H2,1-3H3,(H,34,41)(H,37,42)/t15-,16+. The molecule has 42 heavy (non-hydrogen) atoms. The highest BCUT2D eigenvalue weighted by Crippen LogP contribution is 2.37. The molecule has 0 spiro atoms. The summed E-state index contributed by atoms with van der Waals surface area (Å²) in [6, 6.07) is 3.13. The fourth-order valence-corrected chi connectivity index (χ4v) is 5.23. The van der Waals surface area contributed by atoms with Gasteiger partial charge in [0.05, 0.1) is 34.9 Å². The van der Waals surface area contributed by atoms with Crippen molar-refractivity contribution in [2.45, 2.75) is 32.1 Å². The van der Waals surface area contributed by atoms with E-state index in [1.54, 1.807) is 11.0 Å². The number of aromatic amines is 1. The van der Waals surface area contributed by atoms with Gasteiger partial charge in [-0.3, -0.25) is 14.5 Å². The second kappa shape index (κ2) is 11.2. The van der Waals surface area contributed by atoms with Crippen molar-refractivity contribution in [2.75, 3.05) is 48.3 Å². The minimum Gasteiger partial charge on any atom is -0.367 e. The molecule has 14 heteroatoms. The molecular weight excluding hydrogens is 561 g/mol. The van der Waals surface area contributed by atoms with Crippen LogP contribution in [0, 0.1) is 11.6 Å². The molecule has 0 aliphatic carbocycles. The van der Waals surface area contributed by atoms with Gasteiger partial charge in [-0.05, 0) is 38.6 Å². The third-order valence-corrected chi connectivity index (χ3v) is 7.66. The maximum Gasteiger partial charge on any atom is 0.417 e. The molecule has 9 nitrogen and oxygen atoms in total. The Balaban J connectivity index is 1.53. The zero-order valence-corrected chi connectivity index (χ0v) is 23.0. The molecule has 1 aromatic carbocycles. The van der Waals surface area contributed by atoms with Gasteiger partial charge in [-0.15, -0.1) is 0 Å². The van der Waals surface area contributed by atoms with Crippen molar-refractivity contribution in [3.63, 3.8) is 0 Å². The van der Waals surface area contributed by atoms with Crippen molar-refractivity contribution in [1.29, 1.82) is 0 Å². The minimum absolute atomic E-state index is 0.0675. The molecule has 2 aliphatic heterocycles. The second-order valence-electron chi connectivity index (χ2n) is 10.5. The predicted molar refractivity (Wildman–Crippen MR) is 147 cm³/mol. The monoisotopic (exact) mass is 589 g/mol. The number of hydrogen-bond acceptors (Lipinski definition) is 7. The smallest absolute Gasteiger partial charge is 0.367 e. The van der Waals surface area contributed by atoms with Crippen molar-refractivity contribution < 1.29 is 26.7 Å². The van der Waals surface area contributed by atoms with Crippen LogP contribution in [0.15, 0.2) is 47.7 Å². The summed E-state index contributed by atoms with van der Waals surface area (Å²) in [6.07, 6.45) is -0.466. The van der Waals surface area contributed by atoms with E-state index in [1.807, 2.05) is 25.8 Å². The number of aromatic nitrogens is 3. The summed E-state index contributed by atoms with van der Waals surface area (Å²) in [7, 11) is 1.97. The minimum atomic E-state index is -4.96. The number of likely N-dealkylation sites (N-methyl/N-ethyl adjacent to an activating group) is 1. The fourth-order valence-electron chi connectivity index (χ4n) is 5.23. The molecular formula is C28H28F5N7O2. The van der Waals surface area contributed by atoms with E-state index in [2.05, 4.69) is 25.2 Å². The molecule has 2 aliphatic rings. The molecule has 0 bridgehead atoms. The molecule has 0 unspecified atom stereocenters. The molecule has 222 valence electrons. The predicted octanol–water partition coefficient (Wildman–Crippen LogP) is 4.15. The summed E-state index contributed by atoms with van der Waals surface area (Å²) < 4.78 is 70.1. The Hall–Kier alpha value is -4.33. The number of hydrogen-bond donors (Lipinski definition) is 2. The number of piperazine rings is 1. The zero-order chi connectivity index (χ0) is 30.3. The lowest BCUT2D eigenvalue weighted by atomic mass is 10.0. The molecule has 5 rings (SSSR count). The Bertz CT molecular complexity index is 1580. The number of amides is 1. The van der Waals surface area contributed by atoms with Gasteiger partial charge in [-0.1, -0.05) is 6.08 Å². The first kappa shape index (κ1) is 29.2. The van der Waals surface area contributed by atoms with Gasteiger partial charge in [0.1, 0.15) is 5.82 Å². The molecule has 2 aromatic heterocycles. The van der Waals surface area contributed by atoms with Crippen molar-refractivity contribution >= 4 is 28.8 Å². The van der Waals surface area contributed by atoms with Crippen LogP contribution in [0.5, 0.6) is 0 Å². The number of nitrogens with one attached hydrogen (secondary N) is 2. The summed E-state index contributed by atoms with van der Waals surface area (Å²) in [5.41, 5.74) is -2.09. The van der Waals surface area contributed by atoms with E-state index in [9.17, 15) is 27.2 Å². The number of carbonyl (C=O) groups excluding carboxylic acids is 1. The molecule has 4 heterocycles. The number of H-pyrrole nitrogens is 1. The van der Waals surface area contributed by atoms with E-state index < -0.39 is 40.4 Å². The molecule has 1 saturated heterocycles. The summed E-state index contributed by atoms with van der Waals surface area (Å²) in [4.78, 5) is 40.7. The van der Waals surface area contributed by atoms with E-state index >= 15 is 4.39 Å². The first-order chi connectivity index (χ1) is 19.8. The normalized spacial score (nSPS) is 19.7. The number of carbonyl (C=O) groups is 1. The average molecular weight is 590 g/mol. The number of nitrogens with zero attached hydrogens (tertiary/aromatic N) is 5. The van der Waals surface area contributed by atoms with E-state index in [1.165, 1.54) is 12.1 Å². The molecule has 0 saturated carbocycles. The molecule has 1 amide bonds. The Labute approximate surface area is 237 Å². The van der Waals surface area contributed by atoms with E-state index in [0.29, 0.717) is 43.2 Å². The van der Waals surface area contributed by atoms with E-state index in [-0.39, 0.29) is 35.8 Å². The number of rotatable bonds is 5. The highest BCUT2D eigenvalue weighted by Gasteiger charge is 2.36. The zero-order valence-electron chi connectivity index (χ0n) is 23.0. The van der Waals surface area contributed by atoms with Gasteiger partial charge in [0.15, 0.2) is 5.82 Å². The van der Waals surface area contributed by atoms with Gasteiger partial charge < -0.3 is 20.1 Å². The third-order valence-electron chi connectivity index (χ3n) is 7.66. The van der Waals surface area contributed by atoms with Crippen LogP contribution in [0.25, 0.3) is 5.57 Å². The number of pyridine rings is 1. The largest absolute Gasteiger partial charge is 0.417 e. The van der Waals surface area contributed by atoms with Gasteiger partial charge in [0.2, 0.25) is 11.5 Å². The Kier molecular flexibility index (Phi) is 7.75. The first-order valence-corrected chi connectivity index (χ1v) is 13.2. The van der Waals surface area contributed by atoms with Gasteiger partial charge in [0, 0.05) is 56.1 Å². The number of anilines is 3. The fraction of sp³-hybridized carbons (Fsp3) is 0.357. The van der Waals surface area contributed by atoms with Crippen LogP contribution < -0.4 is 20.7 Å². The Morgan fingerprint density at radius 2 is 1.71 bits per heavy atom. The summed E-state index contributed by atoms with van der Waals surface area (Å²) in [5, 5.41) is 2.55. The van der Waals surface area contributed by atoms with Crippen LogP contribution in [0.4, 0.5) is 39.3 Å². The molecule has 3 aromatic rings. The van der Waals surface area contributed by atoms with Crippen LogP contribution in [-0.4, -0.2) is 71.1 Å². The van der Waals surface area contributed by atoms with Crippen molar-refractivity contribution in [3.05, 3.63) is 81.5 Å². The number of benzene rings is 1. The van der Waals surface area contributed by atoms with Crippen molar-refractivity contribution in [1.82, 2.24) is 19.9 Å². The highest BCUT2D eigenvalue weighted by molar-refractivity contribution is 6.07. The average Bonchev–Trinajstić information content (AvgIpc) is 3.42. The second-order valence-corrected chi connectivity index (χ2v) is 10.5. The first-order valence-electron chi connectivity index (χ1n) is 13.2. The van der Waals surface area contributed by atoms with Crippen LogP contribution in [0.2, 0.25) is 0 Å². The summed E-state index contributed by atoms with van der Waals surface area (Å²) in [6.45, 7) is 5.44. The summed E-state index contributed by atoms with van der Waals surface area (Å²) in [5.74, 6) is -2.06. The maximum absolute atomic E-state index is 15.7. The lowest BCUT2D eigenvalue weighted by Crippen LogP contribution is -2.55. The summed E-state index contributed by atoms with van der Waals surface area (Å²) >= 11 is 0. The van der Waals surface area contributed by atoms with Crippen molar-refractivity contribution in [3.8, 4) is 0 Å². The Morgan fingerprint density at radius 1 is 1.05 bits per heavy atom. The highest BCUT2D eigenvalue weighted by atomic mass is 19.4. The van der Waals surface area contributed by atoms with E-state index in [0.717, 1.165) is 12.4 Å². The van der Waals surface area contributed by atoms with Crippen LogP contribution in [0.3, 0.4) is 0 Å². The van der Waals surface area contributed by atoms with Gasteiger partial charge in [-0.2, -0.15) is 13.2 Å². The molecule has 1 fully saturated rings. The van der Waals surface area contributed by atoms with Crippen LogP contribution in [0.1, 0.15) is 35.3 Å². The molecule has 0 radical (unpaired) electrons. The van der Waals surface area contributed by atoms with Gasteiger partial charge in [-0.25, -0.2) is 18.7 Å². The third kappa shape index (κ3) is 5.84. The molecule has 2 atom stereocenters. The van der Waals surface area contributed by atoms with Crippen molar-refractivity contribution in [2.24, 2.45) is 0 Å². The number of alkyl halides is 3. The number of halogens is 5. The topological polar surface area (TPSA) is 97.5 Å². The lowest BCUT2D eigenvalue weighted by molar-refractivity contribution is -0.138.